The van der Waals surface area contributed by atoms with Crippen molar-refractivity contribution in [1.82, 2.24) is 9.97 Å². The number of anilines is 3. The van der Waals surface area contributed by atoms with Gasteiger partial charge in [-0.25, -0.2) is 9.97 Å². The van der Waals surface area contributed by atoms with Crippen LogP contribution in [0.3, 0.4) is 0 Å². The molecule has 144 valence electrons. The monoisotopic (exact) mass is 372 g/mol. The molecule has 3 aromatic rings. The average Bonchev–Trinajstić information content (AvgIpc) is 2.61. The van der Waals surface area contributed by atoms with Gasteiger partial charge in [-0.15, -0.1) is 0 Å². The minimum Gasteiger partial charge on any atom is -0.365 e. The highest BCUT2D eigenvalue weighted by molar-refractivity contribution is 5.65. The van der Waals surface area contributed by atoms with Crippen LogP contribution in [0, 0.1) is 0 Å². The Balaban J connectivity index is 1.62. The zero-order chi connectivity index (χ0) is 19.6. The van der Waals surface area contributed by atoms with Gasteiger partial charge in [-0.3, -0.25) is 0 Å². The molecule has 0 spiro atoms. The van der Waals surface area contributed by atoms with Crippen LogP contribution >= 0.6 is 0 Å². The van der Waals surface area contributed by atoms with Crippen LogP contribution < -0.4 is 10.6 Å². The molecule has 0 atom stereocenters. The lowest BCUT2D eigenvalue weighted by Gasteiger charge is -2.25. The summed E-state index contributed by atoms with van der Waals surface area (Å²) in [4.78, 5) is 9.48. The predicted octanol–water partition coefficient (Wildman–Crippen LogP) is 6.37. The molecule has 4 rings (SSSR count). The van der Waals surface area contributed by atoms with Crippen LogP contribution in [-0.2, 0) is 0 Å². The van der Waals surface area contributed by atoms with E-state index in [1.165, 1.54) is 24.8 Å². The zero-order valence-corrected chi connectivity index (χ0v) is 16.9. The van der Waals surface area contributed by atoms with Crippen LogP contribution in [0.2, 0.25) is 0 Å². The van der Waals surface area contributed by atoms with E-state index in [2.05, 4.69) is 55.7 Å². The minimum absolute atomic E-state index is 0.0794. The maximum atomic E-state index is 4.75. The summed E-state index contributed by atoms with van der Waals surface area (Å²) < 4.78 is 0. The SMILES string of the molecule is CC(C)(C)Nc1cc(Nc2ccc(C3CCC3)cc2)nc(-c2ccccc2)n1. The Bertz CT molecular complexity index is 923. The Morgan fingerprint density at radius 3 is 2.14 bits per heavy atom. The van der Waals surface area contributed by atoms with E-state index in [9.17, 15) is 0 Å². The molecule has 0 bridgehead atoms. The fraction of sp³-hybridized carbons (Fsp3) is 0.333. The van der Waals surface area contributed by atoms with Gasteiger partial charge in [0.15, 0.2) is 5.82 Å². The summed E-state index contributed by atoms with van der Waals surface area (Å²) >= 11 is 0. The first-order chi connectivity index (χ1) is 13.5. The molecule has 1 fully saturated rings. The van der Waals surface area contributed by atoms with E-state index < -0.39 is 0 Å². The van der Waals surface area contributed by atoms with E-state index in [0.29, 0.717) is 5.82 Å². The third-order valence-corrected chi connectivity index (χ3v) is 5.02. The summed E-state index contributed by atoms with van der Waals surface area (Å²) in [7, 11) is 0. The second kappa shape index (κ2) is 7.63. The Morgan fingerprint density at radius 2 is 1.54 bits per heavy atom. The van der Waals surface area contributed by atoms with Crippen LogP contribution in [-0.4, -0.2) is 15.5 Å². The van der Waals surface area contributed by atoms with Gasteiger partial charge in [-0.1, -0.05) is 48.9 Å². The van der Waals surface area contributed by atoms with Crippen molar-refractivity contribution in [3.8, 4) is 11.4 Å². The van der Waals surface area contributed by atoms with Gasteiger partial charge in [0.05, 0.1) is 0 Å². The predicted molar refractivity (Wildman–Crippen MR) is 117 cm³/mol. The molecule has 2 N–H and O–H groups in total. The van der Waals surface area contributed by atoms with E-state index in [1.807, 2.05) is 36.4 Å². The molecule has 1 aliphatic rings. The van der Waals surface area contributed by atoms with Crippen molar-refractivity contribution in [2.75, 3.05) is 10.6 Å². The number of hydrogen-bond donors (Lipinski definition) is 2. The van der Waals surface area contributed by atoms with Gasteiger partial charge in [0.2, 0.25) is 0 Å². The standard InChI is InChI=1S/C24H28N4/c1-24(2,3)28-22-16-21(26-23(27-22)19-8-5-4-6-9-19)25-20-14-12-18(13-15-20)17-10-7-11-17/h4-6,8-9,12-17H,7,10-11H2,1-3H3,(H2,25,26,27,28). The van der Waals surface area contributed by atoms with Crippen molar-refractivity contribution < 1.29 is 0 Å². The molecule has 2 aromatic carbocycles. The second-order valence-corrected chi connectivity index (χ2v) is 8.58. The van der Waals surface area contributed by atoms with Crippen LogP contribution in [0.1, 0.15) is 51.5 Å². The van der Waals surface area contributed by atoms with Gasteiger partial charge in [-0.05, 0) is 57.2 Å². The summed E-state index contributed by atoms with van der Waals surface area (Å²) in [6.07, 6.45) is 4.00. The lowest BCUT2D eigenvalue weighted by Crippen LogP contribution is -2.26. The van der Waals surface area contributed by atoms with Crippen LogP contribution in [0.15, 0.2) is 60.7 Å². The van der Waals surface area contributed by atoms with Gasteiger partial charge in [0.1, 0.15) is 11.6 Å². The van der Waals surface area contributed by atoms with E-state index in [4.69, 9.17) is 9.97 Å². The van der Waals surface area contributed by atoms with Crippen LogP contribution in [0.5, 0.6) is 0 Å². The van der Waals surface area contributed by atoms with Crippen molar-refractivity contribution >= 4 is 17.3 Å². The number of nitrogens with zero attached hydrogens (tertiary/aromatic N) is 2. The van der Waals surface area contributed by atoms with Crippen molar-refractivity contribution in [2.45, 2.75) is 51.5 Å². The van der Waals surface area contributed by atoms with E-state index in [0.717, 1.165) is 28.8 Å². The number of aromatic nitrogens is 2. The normalized spacial score (nSPS) is 14.4. The summed E-state index contributed by atoms with van der Waals surface area (Å²) in [6.45, 7) is 6.39. The molecule has 1 aromatic heterocycles. The number of rotatable bonds is 5. The largest absolute Gasteiger partial charge is 0.365 e. The third kappa shape index (κ3) is 4.50. The highest BCUT2D eigenvalue weighted by Crippen LogP contribution is 2.36. The summed E-state index contributed by atoms with van der Waals surface area (Å²) in [5.41, 5.74) is 3.41. The number of nitrogens with one attached hydrogen (secondary N) is 2. The van der Waals surface area contributed by atoms with E-state index >= 15 is 0 Å². The molecule has 28 heavy (non-hydrogen) atoms. The fourth-order valence-electron chi connectivity index (χ4n) is 3.40. The third-order valence-electron chi connectivity index (χ3n) is 5.02. The molecule has 4 heteroatoms. The number of hydrogen-bond acceptors (Lipinski definition) is 4. The van der Waals surface area contributed by atoms with Gasteiger partial charge in [-0.2, -0.15) is 0 Å². The molecular weight excluding hydrogens is 344 g/mol. The number of benzene rings is 2. The molecule has 1 heterocycles. The zero-order valence-electron chi connectivity index (χ0n) is 16.9. The Hall–Kier alpha value is -2.88. The molecule has 4 nitrogen and oxygen atoms in total. The van der Waals surface area contributed by atoms with Crippen LogP contribution in [0.25, 0.3) is 11.4 Å². The van der Waals surface area contributed by atoms with Crippen molar-refractivity contribution in [2.24, 2.45) is 0 Å². The highest BCUT2D eigenvalue weighted by Gasteiger charge is 2.19. The van der Waals surface area contributed by atoms with Crippen molar-refractivity contribution in [1.29, 1.82) is 0 Å². The molecule has 0 aliphatic heterocycles. The molecule has 0 unspecified atom stereocenters. The summed E-state index contributed by atoms with van der Waals surface area (Å²) in [5, 5.41) is 6.92. The first-order valence-electron chi connectivity index (χ1n) is 10.1. The van der Waals surface area contributed by atoms with Gasteiger partial charge >= 0.3 is 0 Å². The molecule has 1 aliphatic carbocycles. The minimum atomic E-state index is -0.0794. The molecule has 0 radical (unpaired) electrons. The maximum absolute atomic E-state index is 4.75. The average molecular weight is 373 g/mol. The second-order valence-electron chi connectivity index (χ2n) is 8.58. The smallest absolute Gasteiger partial charge is 0.163 e. The Labute approximate surface area is 167 Å². The van der Waals surface area contributed by atoms with E-state index in [-0.39, 0.29) is 5.54 Å². The molecular formula is C24H28N4. The van der Waals surface area contributed by atoms with Gasteiger partial charge < -0.3 is 10.6 Å². The Kier molecular flexibility index (Phi) is 5.03. The molecule has 0 amide bonds. The highest BCUT2D eigenvalue weighted by atomic mass is 15.1. The topological polar surface area (TPSA) is 49.8 Å². The lowest BCUT2D eigenvalue weighted by molar-refractivity contribution is 0.420. The van der Waals surface area contributed by atoms with Crippen molar-refractivity contribution in [3.63, 3.8) is 0 Å². The quantitative estimate of drug-likeness (QED) is 0.547. The lowest BCUT2D eigenvalue weighted by atomic mass is 9.80. The van der Waals surface area contributed by atoms with Crippen molar-refractivity contribution in [3.05, 3.63) is 66.2 Å². The first-order valence-corrected chi connectivity index (χ1v) is 10.1. The van der Waals surface area contributed by atoms with E-state index in [1.54, 1.807) is 0 Å². The Morgan fingerprint density at radius 1 is 0.857 bits per heavy atom. The summed E-state index contributed by atoms with van der Waals surface area (Å²) in [5.74, 6) is 3.07. The maximum Gasteiger partial charge on any atom is 0.163 e. The van der Waals surface area contributed by atoms with Gasteiger partial charge in [0, 0.05) is 22.9 Å². The fourth-order valence-corrected chi connectivity index (χ4v) is 3.40. The summed E-state index contributed by atoms with van der Waals surface area (Å²) in [6, 6.07) is 20.8. The molecule has 1 saturated carbocycles. The first kappa shape index (κ1) is 18.5. The van der Waals surface area contributed by atoms with Crippen LogP contribution in [0.4, 0.5) is 17.3 Å². The van der Waals surface area contributed by atoms with Gasteiger partial charge in [0.25, 0.3) is 0 Å². The molecule has 0 saturated heterocycles.